The third kappa shape index (κ3) is 4.54. The van der Waals surface area contributed by atoms with Crippen molar-refractivity contribution < 1.29 is 9.90 Å². The van der Waals surface area contributed by atoms with Gasteiger partial charge in [-0.05, 0) is 36.8 Å². The van der Waals surface area contributed by atoms with Crippen LogP contribution < -0.4 is 10.6 Å². The minimum absolute atomic E-state index is 0.383. The molecule has 0 radical (unpaired) electrons. The number of halogens is 1. The van der Waals surface area contributed by atoms with Gasteiger partial charge in [0.25, 0.3) is 0 Å². The van der Waals surface area contributed by atoms with Gasteiger partial charge in [-0.25, -0.2) is 4.79 Å². The zero-order chi connectivity index (χ0) is 15.2. The molecule has 0 bridgehead atoms. The maximum absolute atomic E-state index is 11.8. The normalized spacial score (nSPS) is 13.3. The number of nitrogens with one attached hydrogen (secondary N) is 2. The van der Waals surface area contributed by atoms with Gasteiger partial charge in [0, 0.05) is 10.7 Å². The molecule has 0 saturated carbocycles. The Morgan fingerprint density at radius 1 is 1.29 bits per heavy atom. The maximum Gasteiger partial charge on any atom is 0.319 e. The number of aromatic nitrogens is 1. The summed E-state index contributed by atoms with van der Waals surface area (Å²) in [6, 6.07) is 9.98. The van der Waals surface area contributed by atoms with Gasteiger partial charge in [-0.2, -0.15) is 0 Å². The molecule has 0 aliphatic heterocycles. The fourth-order valence-corrected chi connectivity index (χ4v) is 2.10. The van der Waals surface area contributed by atoms with Crippen molar-refractivity contribution in [2.45, 2.75) is 19.1 Å². The third-order valence-electron chi connectivity index (χ3n) is 2.96. The molecule has 2 atom stereocenters. The molecule has 3 N–H and O–H groups in total. The summed E-state index contributed by atoms with van der Waals surface area (Å²) < 4.78 is 0.938. The quantitative estimate of drug-likeness (QED) is 0.793. The van der Waals surface area contributed by atoms with Crippen molar-refractivity contribution in [2.75, 3.05) is 5.32 Å². The molecule has 2 amide bonds. The highest BCUT2D eigenvalue weighted by atomic mass is 79.9. The first kappa shape index (κ1) is 15.5. The number of amides is 2. The highest BCUT2D eigenvalue weighted by Crippen LogP contribution is 2.19. The van der Waals surface area contributed by atoms with Gasteiger partial charge < -0.3 is 15.7 Å². The molecule has 0 aliphatic carbocycles. The van der Waals surface area contributed by atoms with E-state index in [2.05, 4.69) is 31.5 Å². The number of carbonyl (C=O) groups excluding carboxylic acids is 1. The van der Waals surface area contributed by atoms with Crippen molar-refractivity contribution in [3.05, 3.63) is 58.8 Å². The van der Waals surface area contributed by atoms with E-state index in [9.17, 15) is 9.90 Å². The van der Waals surface area contributed by atoms with E-state index in [0.29, 0.717) is 5.69 Å². The van der Waals surface area contributed by atoms with Gasteiger partial charge in [0.1, 0.15) is 0 Å². The van der Waals surface area contributed by atoms with Gasteiger partial charge in [-0.1, -0.05) is 28.1 Å². The molecule has 0 spiro atoms. The van der Waals surface area contributed by atoms with Gasteiger partial charge in [0.15, 0.2) is 0 Å². The fraction of sp³-hybridized carbons (Fsp3) is 0.200. The highest BCUT2D eigenvalue weighted by Gasteiger charge is 2.18. The number of aliphatic hydroxyl groups is 1. The number of hydrogen-bond donors (Lipinski definition) is 3. The Morgan fingerprint density at radius 2 is 2.00 bits per heavy atom. The molecule has 6 heteroatoms. The van der Waals surface area contributed by atoms with Crippen molar-refractivity contribution in [1.82, 2.24) is 10.3 Å². The van der Waals surface area contributed by atoms with Crippen molar-refractivity contribution in [1.29, 1.82) is 0 Å². The molecule has 2 rings (SSSR count). The minimum atomic E-state index is -0.780. The van der Waals surface area contributed by atoms with E-state index in [1.165, 1.54) is 0 Å². The van der Waals surface area contributed by atoms with E-state index in [1.807, 2.05) is 24.3 Å². The van der Waals surface area contributed by atoms with E-state index in [0.717, 1.165) is 10.0 Å². The van der Waals surface area contributed by atoms with Crippen LogP contribution in [0.25, 0.3) is 0 Å². The number of rotatable bonds is 4. The maximum atomic E-state index is 11.8. The first-order valence-corrected chi connectivity index (χ1v) is 7.26. The molecule has 0 saturated heterocycles. The van der Waals surface area contributed by atoms with Gasteiger partial charge in [0.2, 0.25) is 0 Å². The van der Waals surface area contributed by atoms with Crippen LogP contribution in [0.1, 0.15) is 18.6 Å². The van der Waals surface area contributed by atoms with E-state index in [4.69, 9.17) is 0 Å². The Bertz CT molecular complexity index is 590. The van der Waals surface area contributed by atoms with E-state index >= 15 is 0 Å². The predicted octanol–water partition coefficient (Wildman–Crippen LogP) is 3.09. The monoisotopic (exact) mass is 349 g/mol. The second-order valence-corrected chi connectivity index (χ2v) is 5.54. The summed E-state index contributed by atoms with van der Waals surface area (Å²) in [7, 11) is 0. The summed E-state index contributed by atoms with van der Waals surface area (Å²) in [6.45, 7) is 1.75. The number of hydrogen-bond acceptors (Lipinski definition) is 3. The topological polar surface area (TPSA) is 74.2 Å². The first-order valence-electron chi connectivity index (χ1n) is 6.47. The number of pyridine rings is 1. The van der Waals surface area contributed by atoms with Gasteiger partial charge in [-0.3, -0.25) is 4.98 Å². The first-order chi connectivity index (χ1) is 10.1. The van der Waals surface area contributed by atoms with E-state index < -0.39 is 12.1 Å². The number of anilines is 1. The zero-order valence-electron chi connectivity index (χ0n) is 11.5. The van der Waals surface area contributed by atoms with Crippen LogP contribution in [0.15, 0.2) is 53.3 Å². The van der Waals surface area contributed by atoms with Crippen LogP contribution in [0.3, 0.4) is 0 Å². The molecule has 2 aromatic rings. The molecule has 1 aromatic heterocycles. The van der Waals surface area contributed by atoms with Crippen molar-refractivity contribution >= 4 is 27.6 Å². The summed E-state index contributed by atoms with van der Waals surface area (Å²) in [4.78, 5) is 15.8. The average molecular weight is 350 g/mol. The Hall–Kier alpha value is -1.92. The van der Waals surface area contributed by atoms with Gasteiger partial charge in [0.05, 0.1) is 24.0 Å². The Kier molecular flexibility index (Phi) is 5.30. The van der Waals surface area contributed by atoms with Crippen LogP contribution in [-0.2, 0) is 0 Å². The van der Waals surface area contributed by atoms with E-state index in [-0.39, 0.29) is 6.03 Å². The smallest absolute Gasteiger partial charge is 0.319 e. The van der Waals surface area contributed by atoms with Crippen LogP contribution in [0, 0.1) is 0 Å². The number of benzene rings is 1. The molecular weight excluding hydrogens is 334 g/mol. The Labute approximate surface area is 131 Å². The lowest BCUT2D eigenvalue weighted by Gasteiger charge is -2.21. The number of nitrogens with zero attached hydrogens (tertiary/aromatic N) is 1. The lowest BCUT2D eigenvalue weighted by atomic mass is 10.0. The number of urea groups is 1. The summed E-state index contributed by atoms with van der Waals surface area (Å²) >= 11 is 3.34. The standard InChI is InChI=1S/C15H16BrN3O2/c1-10(14(20)11-4-6-12(16)7-5-11)18-15(21)19-13-3-2-8-17-9-13/h2-10,14,20H,1H3,(H2,18,19,21). The summed E-state index contributed by atoms with van der Waals surface area (Å²) in [5.74, 6) is 0. The summed E-state index contributed by atoms with van der Waals surface area (Å²) in [5.41, 5.74) is 1.34. The van der Waals surface area contributed by atoms with Crippen molar-refractivity contribution in [3.8, 4) is 0 Å². The molecule has 21 heavy (non-hydrogen) atoms. The second-order valence-electron chi connectivity index (χ2n) is 4.63. The molecule has 5 nitrogen and oxygen atoms in total. The zero-order valence-corrected chi connectivity index (χ0v) is 13.0. The van der Waals surface area contributed by atoms with Crippen molar-refractivity contribution in [3.63, 3.8) is 0 Å². The SMILES string of the molecule is CC(NC(=O)Nc1cccnc1)C(O)c1ccc(Br)cc1. The fourth-order valence-electron chi connectivity index (χ4n) is 1.84. The molecule has 1 heterocycles. The largest absolute Gasteiger partial charge is 0.386 e. The van der Waals surface area contributed by atoms with E-state index in [1.54, 1.807) is 31.5 Å². The Morgan fingerprint density at radius 3 is 2.62 bits per heavy atom. The van der Waals surface area contributed by atoms with Crippen molar-refractivity contribution in [2.24, 2.45) is 0 Å². The van der Waals surface area contributed by atoms with Crippen LogP contribution >= 0.6 is 15.9 Å². The molecular formula is C15H16BrN3O2. The van der Waals surface area contributed by atoms with Gasteiger partial charge >= 0.3 is 6.03 Å². The van der Waals surface area contributed by atoms with Crippen LogP contribution in [0.5, 0.6) is 0 Å². The highest BCUT2D eigenvalue weighted by molar-refractivity contribution is 9.10. The lowest BCUT2D eigenvalue weighted by Crippen LogP contribution is -2.39. The minimum Gasteiger partial charge on any atom is -0.386 e. The van der Waals surface area contributed by atoms with Gasteiger partial charge in [-0.15, -0.1) is 0 Å². The number of aliphatic hydroxyl groups excluding tert-OH is 1. The average Bonchev–Trinajstić information content (AvgIpc) is 2.48. The lowest BCUT2D eigenvalue weighted by molar-refractivity contribution is 0.139. The van der Waals surface area contributed by atoms with Crippen LogP contribution in [-0.4, -0.2) is 22.2 Å². The molecule has 0 fully saturated rings. The van der Waals surface area contributed by atoms with Crippen LogP contribution in [0.4, 0.5) is 10.5 Å². The number of carbonyl (C=O) groups is 1. The molecule has 2 unspecified atom stereocenters. The van der Waals surface area contributed by atoms with Crippen LogP contribution in [0.2, 0.25) is 0 Å². The molecule has 1 aromatic carbocycles. The third-order valence-corrected chi connectivity index (χ3v) is 3.49. The summed E-state index contributed by atoms with van der Waals surface area (Å²) in [5, 5.41) is 15.6. The second kappa shape index (κ2) is 7.19. The summed E-state index contributed by atoms with van der Waals surface area (Å²) in [6.07, 6.45) is 2.40. The Balaban J connectivity index is 1.92. The molecule has 110 valence electrons. The predicted molar refractivity (Wildman–Crippen MR) is 85.0 cm³/mol. The molecule has 0 aliphatic rings.